The second-order valence-corrected chi connectivity index (χ2v) is 7.18. The van der Waals surface area contributed by atoms with Crippen molar-refractivity contribution in [3.63, 3.8) is 0 Å². The highest BCUT2D eigenvalue weighted by molar-refractivity contribution is 6.00. The molecule has 1 aromatic heterocycles. The highest BCUT2D eigenvalue weighted by Gasteiger charge is 2.18. The molecule has 7 heteroatoms. The zero-order chi connectivity index (χ0) is 21.9. The number of fused-ring (bicyclic) bond motifs is 1. The molecule has 4 aromatic rings. The second-order valence-electron chi connectivity index (χ2n) is 7.18. The van der Waals surface area contributed by atoms with Crippen LogP contribution in [0.5, 0.6) is 17.2 Å². The lowest BCUT2D eigenvalue weighted by molar-refractivity contribution is 0.0951. The monoisotopic (exact) mass is 428 g/mol. The van der Waals surface area contributed by atoms with Crippen LogP contribution in [0.2, 0.25) is 0 Å². The maximum Gasteiger partial charge on any atom is 0.252 e. The Labute approximate surface area is 184 Å². The van der Waals surface area contributed by atoms with Crippen molar-refractivity contribution in [2.45, 2.75) is 6.54 Å². The van der Waals surface area contributed by atoms with Gasteiger partial charge in [-0.2, -0.15) is 0 Å². The van der Waals surface area contributed by atoms with Crippen LogP contribution in [-0.2, 0) is 6.54 Å². The van der Waals surface area contributed by atoms with Crippen LogP contribution in [0.25, 0.3) is 22.8 Å². The Hall–Kier alpha value is -4.26. The topological polar surface area (TPSA) is 82.8 Å². The molecule has 0 spiro atoms. The van der Waals surface area contributed by atoms with Gasteiger partial charge in [-0.15, -0.1) is 0 Å². The number of oxazole rings is 1. The standard InChI is InChI=1S/C25H20N2O5/c1-29-18-6-4-5-17(12-18)23-14-27-25(32-23)20-8-3-2-7-19(20)24(28)26-13-16-9-10-21-22(11-16)31-15-30-21/h2-12,14H,13,15H2,1H3,(H,26,28). The SMILES string of the molecule is COc1cccc(-c2cnc(-c3ccccc3C(=O)NCc3ccc4c(c3)OCO4)o2)c1. The second kappa shape index (κ2) is 8.47. The summed E-state index contributed by atoms with van der Waals surface area (Å²) in [6, 6.07) is 20.3. The van der Waals surface area contributed by atoms with Crippen LogP contribution in [0, 0.1) is 0 Å². The first-order valence-corrected chi connectivity index (χ1v) is 10.1. The number of methoxy groups -OCH3 is 1. The van der Waals surface area contributed by atoms with Gasteiger partial charge in [0.15, 0.2) is 17.3 Å². The van der Waals surface area contributed by atoms with E-state index < -0.39 is 0 Å². The predicted octanol–water partition coefficient (Wildman–Crippen LogP) is 4.68. The Kier molecular flexibility index (Phi) is 5.21. The van der Waals surface area contributed by atoms with E-state index in [4.69, 9.17) is 18.6 Å². The minimum Gasteiger partial charge on any atom is -0.497 e. The molecule has 7 nitrogen and oxygen atoms in total. The summed E-state index contributed by atoms with van der Waals surface area (Å²) in [6.07, 6.45) is 1.64. The molecule has 32 heavy (non-hydrogen) atoms. The third kappa shape index (κ3) is 3.88. The first-order chi connectivity index (χ1) is 15.7. The Bertz CT molecular complexity index is 1280. The highest BCUT2D eigenvalue weighted by atomic mass is 16.7. The molecule has 2 heterocycles. The van der Waals surface area contributed by atoms with Crippen molar-refractivity contribution in [1.82, 2.24) is 10.3 Å². The Balaban J connectivity index is 1.36. The van der Waals surface area contributed by atoms with Gasteiger partial charge in [-0.25, -0.2) is 4.98 Å². The summed E-state index contributed by atoms with van der Waals surface area (Å²) in [7, 11) is 1.61. The van der Waals surface area contributed by atoms with Crippen molar-refractivity contribution in [2.24, 2.45) is 0 Å². The number of amides is 1. The van der Waals surface area contributed by atoms with Crippen LogP contribution in [0.15, 0.2) is 77.3 Å². The number of aromatic nitrogens is 1. The van der Waals surface area contributed by atoms with E-state index in [0.717, 1.165) is 16.9 Å². The third-order valence-corrected chi connectivity index (χ3v) is 5.15. The molecule has 0 fully saturated rings. The lowest BCUT2D eigenvalue weighted by Gasteiger charge is -2.09. The molecule has 3 aromatic carbocycles. The molecule has 0 radical (unpaired) electrons. The first-order valence-electron chi connectivity index (χ1n) is 10.1. The maximum atomic E-state index is 13.0. The van der Waals surface area contributed by atoms with Crippen LogP contribution >= 0.6 is 0 Å². The fourth-order valence-corrected chi connectivity index (χ4v) is 3.50. The van der Waals surface area contributed by atoms with E-state index in [1.165, 1.54) is 0 Å². The van der Waals surface area contributed by atoms with Crippen molar-refractivity contribution < 1.29 is 23.4 Å². The first kappa shape index (κ1) is 19.7. The Morgan fingerprint density at radius 2 is 1.91 bits per heavy atom. The van der Waals surface area contributed by atoms with E-state index in [0.29, 0.717) is 40.8 Å². The van der Waals surface area contributed by atoms with Crippen molar-refractivity contribution >= 4 is 5.91 Å². The van der Waals surface area contributed by atoms with Gasteiger partial charge in [0.2, 0.25) is 12.7 Å². The fraction of sp³-hybridized carbons (Fsp3) is 0.120. The number of nitrogens with one attached hydrogen (secondary N) is 1. The number of benzene rings is 3. The number of nitrogens with zero attached hydrogens (tertiary/aromatic N) is 1. The van der Waals surface area contributed by atoms with Crippen molar-refractivity contribution in [1.29, 1.82) is 0 Å². The summed E-state index contributed by atoms with van der Waals surface area (Å²) >= 11 is 0. The molecular weight excluding hydrogens is 408 g/mol. The summed E-state index contributed by atoms with van der Waals surface area (Å²) in [5, 5.41) is 2.95. The summed E-state index contributed by atoms with van der Waals surface area (Å²) in [5.74, 6) is 2.86. The van der Waals surface area contributed by atoms with Crippen LogP contribution in [0.3, 0.4) is 0 Å². The van der Waals surface area contributed by atoms with Gasteiger partial charge in [0, 0.05) is 17.7 Å². The molecule has 0 saturated heterocycles. The van der Waals surface area contributed by atoms with E-state index in [1.54, 1.807) is 19.4 Å². The van der Waals surface area contributed by atoms with Gasteiger partial charge in [-0.3, -0.25) is 4.79 Å². The number of ether oxygens (including phenoxy) is 3. The van der Waals surface area contributed by atoms with E-state index in [1.807, 2.05) is 60.7 Å². The summed E-state index contributed by atoms with van der Waals surface area (Å²) in [4.78, 5) is 17.4. The molecule has 0 atom stereocenters. The Morgan fingerprint density at radius 1 is 1.03 bits per heavy atom. The van der Waals surface area contributed by atoms with Crippen molar-refractivity contribution in [2.75, 3.05) is 13.9 Å². The number of hydrogen-bond donors (Lipinski definition) is 1. The molecule has 0 aliphatic carbocycles. The quantitative estimate of drug-likeness (QED) is 0.480. The number of carbonyl (C=O) groups excluding carboxylic acids is 1. The molecule has 1 amide bonds. The van der Waals surface area contributed by atoms with Crippen LogP contribution in [-0.4, -0.2) is 24.8 Å². The minimum absolute atomic E-state index is 0.215. The van der Waals surface area contributed by atoms with Gasteiger partial charge in [0.1, 0.15) is 5.75 Å². The van der Waals surface area contributed by atoms with Crippen molar-refractivity contribution in [3.05, 3.63) is 84.1 Å². The minimum atomic E-state index is -0.223. The van der Waals surface area contributed by atoms with Gasteiger partial charge in [-0.1, -0.05) is 30.3 Å². The fourth-order valence-electron chi connectivity index (χ4n) is 3.50. The van der Waals surface area contributed by atoms with Gasteiger partial charge in [0.05, 0.1) is 18.9 Å². The van der Waals surface area contributed by atoms with Crippen LogP contribution in [0.4, 0.5) is 0 Å². The number of rotatable bonds is 6. The van der Waals surface area contributed by atoms with Gasteiger partial charge < -0.3 is 23.9 Å². The molecule has 0 bridgehead atoms. The average Bonchev–Trinajstić information content (AvgIpc) is 3.52. The zero-order valence-electron chi connectivity index (χ0n) is 17.3. The molecule has 0 saturated carbocycles. The smallest absolute Gasteiger partial charge is 0.252 e. The molecule has 5 rings (SSSR count). The number of hydrogen-bond acceptors (Lipinski definition) is 6. The van der Waals surface area contributed by atoms with E-state index in [9.17, 15) is 4.79 Å². The summed E-state index contributed by atoms with van der Waals surface area (Å²) in [5.41, 5.74) is 2.85. The summed E-state index contributed by atoms with van der Waals surface area (Å²) < 4.78 is 22.0. The molecule has 1 aliphatic heterocycles. The number of carbonyl (C=O) groups is 1. The normalized spacial score (nSPS) is 11.9. The zero-order valence-corrected chi connectivity index (χ0v) is 17.3. The van der Waals surface area contributed by atoms with Gasteiger partial charge in [0.25, 0.3) is 5.91 Å². The van der Waals surface area contributed by atoms with Gasteiger partial charge >= 0.3 is 0 Å². The lowest BCUT2D eigenvalue weighted by Crippen LogP contribution is -2.23. The molecule has 0 unspecified atom stereocenters. The lowest BCUT2D eigenvalue weighted by atomic mass is 10.1. The van der Waals surface area contributed by atoms with Crippen LogP contribution in [0.1, 0.15) is 15.9 Å². The van der Waals surface area contributed by atoms with Gasteiger partial charge in [-0.05, 0) is 42.0 Å². The largest absolute Gasteiger partial charge is 0.497 e. The molecule has 1 N–H and O–H groups in total. The van der Waals surface area contributed by atoms with Crippen LogP contribution < -0.4 is 19.5 Å². The predicted molar refractivity (Wildman–Crippen MR) is 118 cm³/mol. The Morgan fingerprint density at radius 3 is 2.81 bits per heavy atom. The highest BCUT2D eigenvalue weighted by Crippen LogP contribution is 2.33. The molecular formula is C25H20N2O5. The molecule has 1 aliphatic rings. The maximum absolute atomic E-state index is 13.0. The van der Waals surface area contributed by atoms with Crippen molar-refractivity contribution in [3.8, 4) is 40.0 Å². The molecule has 160 valence electrons. The van der Waals surface area contributed by atoms with E-state index in [-0.39, 0.29) is 12.7 Å². The van der Waals surface area contributed by atoms with E-state index in [2.05, 4.69) is 10.3 Å². The van der Waals surface area contributed by atoms with E-state index >= 15 is 0 Å². The summed E-state index contributed by atoms with van der Waals surface area (Å²) in [6.45, 7) is 0.566. The average molecular weight is 428 g/mol. The third-order valence-electron chi connectivity index (χ3n) is 5.15.